The Labute approximate surface area is 214 Å². The van der Waals surface area contributed by atoms with Crippen molar-refractivity contribution in [3.8, 4) is 17.2 Å². The molecule has 0 N–H and O–H groups in total. The molecule has 34 heavy (non-hydrogen) atoms. The number of benzene rings is 3. The molecule has 1 fully saturated rings. The molecule has 0 saturated carbocycles. The first kappa shape index (κ1) is 24.2. The Bertz CT molecular complexity index is 1300. The highest BCUT2D eigenvalue weighted by Gasteiger charge is 2.37. The fourth-order valence-electron chi connectivity index (χ4n) is 3.39. The summed E-state index contributed by atoms with van der Waals surface area (Å²) in [6.07, 6.45) is 1.65. The molecule has 1 saturated heterocycles. The van der Waals surface area contributed by atoms with Crippen LogP contribution in [0.5, 0.6) is 17.2 Å². The number of amides is 2. The van der Waals surface area contributed by atoms with Gasteiger partial charge in [0.15, 0.2) is 11.5 Å². The average molecular weight is 561 g/mol. The molecule has 4 rings (SSSR count). The number of rotatable bonds is 7. The molecular weight excluding hydrogens is 542 g/mol. The largest absolute Gasteiger partial charge is 0.495 e. The molecule has 1 aliphatic heterocycles. The van der Waals surface area contributed by atoms with E-state index < -0.39 is 11.1 Å². The van der Waals surface area contributed by atoms with Crippen LogP contribution in [0.15, 0.2) is 70.0 Å². The lowest BCUT2D eigenvalue weighted by Crippen LogP contribution is -2.28. The van der Waals surface area contributed by atoms with E-state index in [-0.39, 0.29) is 4.91 Å². The van der Waals surface area contributed by atoms with E-state index in [1.165, 1.54) is 14.2 Å². The molecule has 174 valence electrons. The molecule has 1 aliphatic rings. The second kappa shape index (κ2) is 10.5. The number of hydrogen-bond acceptors (Lipinski definition) is 6. The van der Waals surface area contributed by atoms with Gasteiger partial charge in [0.25, 0.3) is 11.1 Å². The molecule has 6 nitrogen and oxygen atoms in total. The highest BCUT2D eigenvalue weighted by atomic mass is 79.9. The molecule has 0 unspecified atom stereocenters. The molecule has 2 amide bonds. The summed E-state index contributed by atoms with van der Waals surface area (Å²) in [6, 6.07) is 17.8. The van der Waals surface area contributed by atoms with Gasteiger partial charge in [-0.25, -0.2) is 4.90 Å². The van der Waals surface area contributed by atoms with Gasteiger partial charge in [-0.15, -0.1) is 0 Å². The molecule has 0 atom stereocenters. The zero-order chi connectivity index (χ0) is 24.2. The van der Waals surface area contributed by atoms with Gasteiger partial charge in [0.2, 0.25) is 0 Å². The van der Waals surface area contributed by atoms with Gasteiger partial charge in [0.1, 0.15) is 12.4 Å². The number of anilines is 1. The number of thioether (sulfide) groups is 1. The van der Waals surface area contributed by atoms with Crippen molar-refractivity contribution in [2.75, 3.05) is 19.1 Å². The Morgan fingerprint density at radius 1 is 1.00 bits per heavy atom. The second-order valence-corrected chi connectivity index (χ2v) is 9.43. The number of methoxy groups -OCH3 is 2. The number of carbonyl (C=O) groups excluding carboxylic acids is 2. The van der Waals surface area contributed by atoms with Crippen molar-refractivity contribution >= 4 is 62.2 Å². The van der Waals surface area contributed by atoms with Crippen molar-refractivity contribution in [3.63, 3.8) is 0 Å². The standard InChI is InChI=1S/C25H19BrClNO5S/c1-31-20-9-4-3-8-19(20)28-24(29)22(34-25(28)30)13-16-11-18(26)23(21(12-16)32-2)33-14-15-6-5-7-17(27)10-15/h3-13H,14H2,1-2H3/b22-13-. The van der Waals surface area contributed by atoms with Gasteiger partial charge in [0, 0.05) is 5.02 Å². The van der Waals surface area contributed by atoms with E-state index in [1.54, 1.807) is 48.5 Å². The monoisotopic (exact) mass is 559 g/mol. The van der Waals surface area contributed by atoms with Crippen LogP contribution in [-0.2, 0) is 11.4 Å². The molecule has 3 aromatic rings. The molecule has 3 aromatic carbocycles. The van der Waals surface area contributed by atoms with E-state index in [0.717, 1.165) is 22.2 Å². The summed E-state index contributed by atoms with van der Waals surface area (Å²) in [5, 5.41) is 0.234. The van der Waals surface area contributed by atoms with Gasteiger partial charge in [0.05, 0.1) is 29.3 Å². The zero-order valence-corrected chi connectivity index (χ0v) is 21.4. The summed E-state index contributed by atoms with van der Waals surface area (Å²) < 4.78 is 17.4. The van der Waals surface area contributed by atoms with E-state index in [9.17, 15) is 9.59 Å². The second-order valence-electron chi connectivity index (χ2n) is 7.14. The highest BCUT2D eigenvalue weighted by molar-refractivity contribution is 9.10. The molecule has 0 aromatic heterocycles. The quantitative estimate of drug-likeness (QED) is 0.292. The zero-order valence-electron chi connectivity index (χ0n) is 18.2. The van der Waals surface area contributed by atoms with Crippen LogP contribution in [0.1, 0.15) is 11.1 Å². The van der Waals surface area contributed by atoms with Crippen molar-refractivity contribution in [1.29, 1.82) is 0 Å². The maximum Gasteiger partial charge on any atom is 0.298 e. The maximum atomic E-state index is 13.1. The van der Waals surface area contributed by atoms with E-state index in [2.05, 4.69) is 15.9 Å². The molecule has 9 heteroatoms. The fraction of sp³-hybridized carbons (Fsp3) is 0.120. The van der Waals surface area contributed by atoms with E-state index in [0.29, 0.717) is 44.6 Å². The summed E-state index contributed by atoms with van der Waals surface area (Å²) in [7, 11) is 3.03. The van der Waals surface area contributed by atoms with Crippen LogP contribution in [0, 0.1) is 0 Å². The van der Waals surface area contributed by atoms with Crippen LogP contribution in [0.4, 0.5) is 10.5 Å². The Morgan fingerprint density at radius 2 is 1.76 bits per heavy atom. The van der Waals surface area contributed by atoms with Crippen LogP contribution in [0.25, 0.3) is 6.08 Å². The number of ether oxygens (including phenoxy) is 3. The first-order valence-corrected chi connectivity index (χ1v) is 12.1. The molecular formula is C25H19BrClNO5S. The maximum absolute atomic E-state index is 13.1. The molecule has 0 aliphatic carbocycles. The van der Waals surface area contributed by atoms with Gasteiger partial charge >= 0.3 is 0 Å². The lowest BCUT2D eigenvalue weighted by molar-refractivity contribution is -0.113. The summed E-state index contributed by atoms with van der Waals surface area (Å²) in [5.41, 5.74) is 1.99. The first-order chi connectivity index (χ1) is 16.4. The number of carbonyl (C=O) groups is 2. The number of para-hydroxylation sites is 2. The van der Waals surface area contributed by atoms with Crippen molar-refractivity contribution < 1.29 is 23.8 Å². The molecule has 0 bridgehead atoms. The Balaban J connectivity index is 1.60. The van der Waals surface area contributed by atoms with Gasteiger partial charge in [-0.2, -0.15) is 0 Å². The minimum absolute atomic E-state index is 0.289. The van der Waals surface area contributed by atoms with Crippen LogP contribution in [0.2, 0.25) is 5.02 Å². The van der Waals surface area contributed by atoms with Gasteiger partial charge in [-0.05, 0) is 81.3 Å². The third-order valence-electron chi connectivity index (χ3n) is 4.94. The van der Waals surface area contributed by atoms with Crippen molar-refractivity contribution in [1.82, 2.24) is 0 Å². The number of halogens is 2. The predicted molar refractivity (Wildman–Crippen MR) is 138 cm³/mol. The van der Waals surface area contributed by atoms with E-state index in [4.69, 9.17) is 25.8 Å². The van der Waals surface area contributed by atoms with Crippen LogP contribution in [0.3, 0.4) is 0 Å². The number of imide groups is 1. The van der Waals surface area contributed by atoms with Crippen molar-refractivity contribution in [2.24, 2.45) is 0 Å². The Kier molecular flexibility index (Phi) is 7.50. The normalized spacial score (nSPS) is 14.6. The SMILES string of the molecule is COc1ccccc1N1C(=O)S/C(=C\c2cc(Br)c(OCc3cccc(Cl)c3)c(OC)c2)C1=O. The summed E-state index contributed by atoms with van der Waals surface area (Å²) in [5.74, 6) is 1.01. The van der Waals surface area contributed by atoms with Gasteiger partial charge in [-0.3, -0.25) is 9.59 Å². The number of nitrogens with zero attached hydrogens (tertiary/aromatic N) is 1. The summed E-state index contributed by atoms with van der Waals surface area (Å²) >= 11 is 10.4. The van der Waals surface area contributed by atoms with Crippen LogP contribution >= 0.6 is 39.3 Å². The van der Waals surface area contributed by atoms with Crippen molar-refractivity contribution in [2.45, 2.75) is 6.61 Å². The van der Waals surface area contributed by atoms with Crippen LogP contribution in [-0.4, -0.2) is 25.4 Å². The third-order valence-corrected chi connectivity index (χ3v) is 6.64. The lowest BCUT2D eigenvalue weighted by Gasteiger charge is -2.16. The lowest BCUT2D eigenvalue weighted by atomic mass is 10.1. The molecule has 0 spiro atoms. The van der Waals surface area contributed by atoms with Crippen LogP contribution < -0.4 is 19.1 Å². The van der Waals surface area contributed by atoms with Gasteiger partial charge < -0.3 is 14.2 Å². The topological polar surface area (TPSA) is 65.1 Å². The Hall–Kier alpha value is -2.94. The Morgan fingerprint density at radius 3 is 2.50 bits per heavy atom. The van der Waals surface area contributed by atoms with Crippen molar-refractivity contribution in [3.05, 3.63) is 86.2 Å². The smallest absolute Gasteiger partial charge is 0.298 e. The molecule has 0 radical (unpaired) electrons. The van der Waals surface area contributed by atoms with Gasteiger partial charge in [-0.1, -0.05) is 35.9 Å². The van der Waals surface area contributed by atoms with E-state index >= 15 is 0 Å². The minimum atomic E-state index is -0.420. The number of hydrogen-bond donors (Lipinski definition) is 0. The summed E-state index contributed by atoms with van der Waals surface area (Å²) in [6.45, 7) is 0.298. The van der Waals surface area contributed by atoms with E-state index in [1.807, 2.05) is 18.2 Å². The third kappa shape index (κ3) is 5.09. The molecule has 1 heterocycles. The fourth-order valence-corrected chi connectivity index (χ4v) is 5.01. The highest BCUT2D eigenvalue weighted by Crippen LogP contribution is 2.42. The summed E-state index contributed by atoms with van der Waals surface area (Å²) in [4.78, 5) is 27.1. The minimum Gasteiger partial charge on any atom is -0.495 e. The first-order valence-electron chi connectivity index (χ1n) is 10.1. The average Bonchev–Trinajstić information content (AvgIpc) is 3.10. The predicted octanol–water partition coefficient (Wildman–Crippen LogP) is 6.94.